The molecule has 0 aliphatic heterocycles. The zero-order valence-electron chi connectivity index (χ0n) is 15.0. The summed E-state index contributed by atoms with van der Waals surface area (Å²) in [6.45, 7) is 1.21. The number of rotatable bonds is 17. The molecule has 0 rings (SSSR count). The van der Waals surface area contributed by atoms with E-state index in [1.807, 2.05) is 0 Å². The summed E-state index contributed by atoms with van der Waals surface area (Å²) in [4.78, 5) is 0. The van der Waals surface area contributed by atoms with Gasteiger partial charge in [-0.2, -0.15) is 0 Å². The van der Waals surface area contributed by atoms with E-state index in [9.17, 15) is 0 Å². The van der Waals surface area contributed by atoms with Gasteiger partial charge in [-0.1, -0.05) is 0 Å². The maximum Gasteiger partial charge on any atom is 0.160 e. The quantitative estimate of drug-likeness (QED) is 0.238. The summed E-state index contributed by atoms with van der Waals surface area (Å²) in [5, 5.41) is 0. The van der Waals surface area contributed by atoms with Crippen LogP contribution in [0.15, 0.2) is 0 Å². The summed E-state index contributed by atoms with van der Waals surface area (Å²) in [6, 6.07) is 0. The van der Waals surface area contributed by atoms with Crippen LogP contribution in [-0.4, -0.2) is 84.9 Å². The van der Waals surface area contributed by atoms with Crippen LogP contribution in [0, 0.1) is 0 Å². The molecule has 8 heteroatoms. The molecule has 2 atom stereocenters. The van der Waals surface area contributed by atoms with E-state index in [1.54, 1.807) is 28.4 Å². The van der Waals surface area contributed by atoms with Gasteiger partial charge in [0.1, 0.15) is 0 Å². The van der Waals surface area contributed by atoms with Crippen LogP contribution >= 0.6 is 17.2 Å². The summed E-state index contributed by atoms with van der Waals surface area (Å²) in [7, 11) is 8.38. The molecule has 0 amide bonds. The highest BCUT2D eigenvalue weighted by Crippen LogP contribution is 2.21. The number of hydrogen-bond donors (Lipinski definition) is 1. The normalized spacial score (nSPS) is 14.2. The summed E-state index contributed by atoms with van der Waals surface area (Å²) in [5.41, 5.74) is 5.55. The van der Waals surface area contributed by atoms with Gasteiger partial charge in [-0.3, -0.25) is 0 Å². The van der Waals surface area contributed by atoms with Crippen molar-refractivity contribution in [3.8, 4) is 0 Å². The van der Waals surface area contributed by atoms with Gasteiger partial charge in [0, 0.05) is 47.3 Å². The van der Waals surface area contributed by atoms with E-state index in [2.05, 4.69) is 0 Å². The Bertz CT molecular complexity index is 224. The molecule has 2 N–H and O–H groups in total. The fourth-order valence-electron chi connectivity index (χ4n) is 2.04. The molecule has 0 heterocycles. The maximum atomic E-state index is 5.87. The first-order chi connectivity index (χ1) is 11.2. The van der Waals surface area contributed by atoms with Gasteiger partial charge < -0.3 is 29.4 Å². The third-order valence-corrected chi connectivity index (χ3v) is 5.96. The molecule has 0 aliphatic rings. The minimum absolute atomic E-state index is 0.0850. The van der Waals surface area contributed by atoms with Gasteiger partial charge in [-0.05, 0) is 25.2 Å². The summed E-state index contributed by atoms with van der Waals surface area (Å²) in [6.07, 6.45) is 6.44. The van der Waals surface area contributed by atoms with E-state index in [-0.39, 0.29) is 12.6 Å². The molecule has 23 heavy (non-hydrogen) atoms. The first-order valence-corrected chi connectivity index (χ1v) is 10.9. The number of methoxy groups -OCH3 is 4. The molecule has 0 spiro atoms. The van der Waals surface area contributed by atoms with Gasteiger partial charge in [-0.25, -0.2) is 0 Å². The predicted molar refractivity (Wildman–Crippen MR) is 99.7 cm³/mol. The second-order valence-electron chi connectivity index (χ2n) is 5.07. The van der Waals surface area contributed by atoms with Crippen molar-refractivity contribution < 1.29 is 23.7 Å². The van der Waals surface area contributed by atoms with E-state index in [4.69, 9.17) is 29.4 Å². The minimum atomic E-state index is -0.0850. The molecule has 0 aromatic rings. The first kappa shape index (κ1) is 23.6. The molecule has 6 nitrogen and oxygen atoms in total. The van der Waals surface area contributed by atoms with E-state index in [0.717, 1.165) is 54.7 Å². The SMILES string of the molecule is COC(CPCCC(CCPCC(OC)OC)OCCN)OC. The standard InChI is InChI=1S/C15H35NO5P2/c1-17-14(18-2)11-22-9-5-13(21-8-7-16)6-10-23-12-15(19-3)20-4/h13-15,22-23H,5-12,16H2,1-4H3. The highest BCUT2D eigenvalue weighted by Gasteiger charge is 2.11. The van der Waals surface area contributed by atoms with E-state index >= 15 is 0 Å². The van der Waals surface area contributed by atoms with Gasteiger partial charge in [0.15, 0.2) is 12.6 Å². The Balaban J connectivity index is 3.87. The Morgan fingerprint density at radius 1 is 0.783 bits per heavy atom. The lowest BCUT2D eigenvalue weighted by Gasteiger charge is -2.19. The zero-order valence-corrected chi connectivity index (χ0v) is 17.0. The van der Waals surface area contributed by atoms with Crippen molar-refractivity contribution in [1.82, 2.24) is 0 Å². The Hall–Kier alpha value is 0.620. The Labute approximate surface area is 145 Å². The molecular weight excluding hydrogens is 336 g/mol. The lowest BCUT2D eigenvalue weighted by Crippen LogP contribution is -2.21. The number of hydrogen-bond acceptors (Lipinski definition) is 6. The third kappa shape index (κ3) is 13.6. The highest BCUT2D eigenvalue weighted by molar-refractivity contribution is 7.38. The van der Waals surface area contributed by atoms with Crippen molar-refractivity contribution >= 4 is 17.2 Å². The van der Waals surface area contributed by atoms with Gasteiger partial charge in [0.25, 0.3) is 0 Å². The van der Waals surface area contributed by atoms with E-state index in [0.29, 0.717) is 19.3 Å². The lowest BCUT2D eigenvalue weighted by molar-refractivity contribution is -0.0848. The third-order valence-electron chi connectivity index (χ3n) is 3.43. The molecule has 140 valence electrons. The van der Waals surface area contributed by atoms with Crippen molar-refractivity contribution in [2.24, 2.45) is 5.73 Å². The van der Waals surface area contributed by atoms with Crippen LogP contribution in [0.3, 0.4) is 0 Å². The Morgan fingerprint density at radius 2 is 1.22 bits per heavy atom. The molecule has 0 saturated carbocycles. The molecule has 0 radical (unpaired) electrons. The second kappa shape index (κ2) is 17.4. The minimum Gasteiger partial charge on any atom is -0.377 e. The van der Waals surface area contributed by atoms with E-state index < -0.39 is 0 Å². The molecular formula is C15H35NO5P2. The number of ether oxygens (including phenoxy) is 5. The van der Waals surface area contributed by atoms with Crippen LogP contribution < -0.4 is 5.73 Å². The monoisotopic (exact) mass is 371 g/mol. The molecule has 0 aliphatic carbocycles. The van der Waals surface area contributed by atoms with Crippen molar-refractivity contribution in [3.63, 3.8) is 0 Å². The topological polar surface area (TPSA) is 72.2 Å². The lowest BCUT2D eigenvalue weighted by atomic mass is 10.2. The molecule has 2 unspecified atom stereocenters. The van der Waals surface area contributed by atoms with Crippen LogP contribution in [0.4, 0.5) is 0 Å². The fraction of sp³-hybridized carbons (Fsp3) is 1.00. The summed E-state index contributed by atoms with van der Waals surface area (Å²) >= 11 is 0. The van der Waals surface area contributed by atoms with Crippen LogP contribution in [0.25, 0.3) is 0 Å². The zero-order chi connectivity index (χ0) is 17.3. The van der Waals surface area contributed by atoms with Crippen LogP contribution in [0.5, 0.6) is 0 Å². The molecule has 0 saturated heterocycles. The largest absolute Gasteiger partial charge is 0.377 e. The van der Waals surface area contributed by atoms with Crippen LogP contribution in [0.1, 0.15) is 12.8 Å². The van der Waals surface area contributed by atoms with Crippen molar-refractivity contribution in [1.29, 1.82) is 0 Å². The summed E-state index contributed by atoms with van der Waals surface area (Å²) in [5.74, 6) is 0. The van der Waals surface area contributed by atoms with Gasteiger partial charge >= 0.3 is 0 Å². The average molecular weight is 371 g/mol. The first-order valence-electron chi connectivity index (χ1n) is 8.06. The maximum absolute atomic E-state index is 5.87. The van der Waals surface area contributed by atoms with Crippen LogP contribution in [-0.2, 0) is 23.7 Å². The highest BCUT2D eigenvalue weighted by atomic mass is 31.1. The van der Waals surface area contributed by atoms with Gasteiger partial charge in [-0.15, -0.1) is 17.2 Å². The molecule has 0 aromatic heterocycles. The van der Waals surface area contributed by atoms with Crippen molar-refractivity contribution in [2.75, 3.05) is 66.2 Å². The van der Waals surface area contributed by atoms with Crippen LogP contribution in [0.2, 0.25) is 0 Å². The van der Waals surface area contributed by atoms with Gasteiger partial charge in [0.2, 0.25) is 0 Å². The fourth-order valence-corrected chi connectivity index (χ4v) is 4.64. The number of nitrogens with two attached hydrogens (primary N) is 1. The van der Waals surface area contributed by atoms with Crippen molar-refractivity contribution in [3.05, 3.63) is 0 Å². The Kier molecular flexibility index (Phi) is 17.9. The summed E-state index contributed by atoms with van der Waals surface area (Å²) < 4.78 is 26.7. The smallest absolute Gasteiger partial charge is 0.160 e. The van der Waals surface area contributed by atoms with E-state index in [1.165, 1.54) is 0 Å². The molecule has 0 bridgehead atoms. The van der Waals surface area contributed by atoms with Gasteiger partial charge in [0.05, 0.1) is 12.7 Å². The molecule has 0 aromatic carbocycles. The average Bonchev–Trinajstić information content (AvgIpc) is 2.59. The molecule has 0 fully saturated rings. The Morgan fingerprint density at radius 3 is 1.57 bits per heavy atom. The predicted octanol–water partition coefficient (Wildman–Crippen LogP) is 1.71. The van der Waals surface area contributed by atoms with Crippen molar-refractivity contribution in [2.45, 2.75) is 31.5 Å². The second-order valence-corrected chi connectivity index (χ2v) is 7.89.